The van der Waals surface area contributed by atoms with Gasteiger partial charge in [-0.3, -0.25) is 23.3 Å². The molecule has 0 saturated heterocycles. The molecule has 1 N–H and O–H groups in total. The zero-order chi connectivity index (χ0) is 19.0. The summed E-state index contributed by atoms with van der Waals surface area (Å²) in [5.74, 6) is -0.373. The van der Waals surface area contributed by atoms with Crippen molar-refractivity contribution < 1.29 is 4.79 Å². The molecule has 0 atom stereocenters. The third-order valence-electron chi connectivity index (χ3n) is 4.04. The van der Waals surface area contributed by atoms with E-state index in [-0.39, 0.29) is 35.4 Å². The van der Waals surface area contributed by atoms with E-state index in [2.05, 4.69) is 10.3 Å². The summed E-state index contributed by atoms with van der Waals surface area (Å²) in [5, 5.41) is 3.22. The molecule has 0 spiro atoms. The lowest BCUT2D eigenvalue weighted by atomic mass is 10.2. The van der Waals surface area contributed by atoms with E-state index < -0.39 is 11.2 Å². The van der Waals surface area contributed by atoms with Crippen molar-refractivity contribution in [1.82, 2.24) is 24.0 Å². The molecule has 1 aromatic carbocycles. The van der Waals surface area contributed by atoms with Gasteiger partial charge in [0.25, 0.3) is 5.56 Å². The smallest absolute Gasteiger partial charge is 0.332 e. The van der Waals surface area contributed by atoms with Crippen LogP contribution in [0.25, 0.3) is 11.2 Å². The second-order valence-corrected chi connectivity index (χ2v) is 6.46. The Morgan fingerprint density at radius 2 is 1.85 bits per heavy atom. The molecule has 2 heterocycles. The van der Waals surface area contributed by atoms with Gasteiger partial charge in [0.1, 0.15) is 6.54 Å². The number of fused-ring (bicyclic) bond motifs is 1. The summed E-state index contributed by atoms with van der Waals surface area (Å²) in [7, 11) is 2.84. The minimum absolute atomic E-state index is 0.0498. The van der Waals surface area contributed by atoms with Crippen molar-refractivity contribution in [2.75, 3.05) is 0 Å². The average Bonchev–Trinajstić information content (AvgIpc) is 2.94. The Balaban J connectivity index is 1.91. The molecule has 3 rings (SSSR count). The number of halogens is 2. The fourth-order valence-electron chi connectivity index (χ4n) is 2.60. The summed E-state index contributed by atoms with van der Waals surface area (Å²) in [6, 6.07) is 7.14. The van der Waals surface area contributed by atoms with Crippen molar-refractivity contribution in [2.45, 2.75) is 13.1 Å². The first-order valence-corrected chi connectivity index (χ1v) is 8.38. The molecule has 1 amide bonds. The maximum atomic E-state index is 12.4. The van der Waals surface area contributed by atoms with Gasteiger partial charge in [-0.15, -0.1) is 0 Å². The Kier molecular flexibility index (Phi) is 4.88. The van der Waals surface area contributed by atoms with E-state index in [1.54, 1.807) is 18.2 Å². The van der Waals surface area contributed by atoms with E-state index in [9.17, 15) is 14.4 Å². The Morgan fingerprint density at radius 1 is 1.15 bits per heavy atom. The van der Waals surface area contributed by atoms with Crippen molar-refractivity contribution in [2.24, 2.45) is 14.1 Å². The van der Waals surface area contributed by atoms with Crippen LogP contribution in [0.15, 0.2) is 33.9 Å². The van der Waals surface area contributed by atoms with Crippen molar-refractivity contribution in [3.05, 3.63) is 61.0 Å². The van der Waals surface area contributed by atoms with Gasteiger partial charge in [-0.05, 0) is 23.2 Å². The van der Waals surface area contributed by atoms with Crippen molar-refractivity contribution in [3.63, 3.8) is 0 Å². The first-order valence-electron chi connectivity index (χ1n) is 7.63. The number of amides is 1. The topological polar surface area (TPSA) is 90.9 Å². The molecule has 0 aliphatic rings. The molecule has 26 heavy (non-hydrogen) atoms. The number of carbonyl (C=O) groups excluding carboxylic acids is 1. The van der Waals surface area contributed by atoms with E-state index in [1.807, 2.05) is 6.07 Å². The molecule has 0 bridgehead atoms. The molecule has 0 fully saturated rings. The van der Waals surface area contributed by atoms with Crippen LogP contribution >= 0.6 is 23.2 Å². The highest BCUT2D eigenvalue weighted by molar-refractivity contribution is 6.31. The summed E-state index contributed by atoms with van der Waals surface area (Å²) in [6.07, 6.45) is 0. The Bertz CT molecular complexity index is 1130. The summed E-state index contributed by atoms with van der Waals surface area (Å²) in [4.78, 5) is 40.7. The summed E-state index contributed by atoms with van der Waals surface area (Å²) < 4.78 is 3.43. The predicted octanol–water partition coefficient (Wildman–Crippen LogP) is 1.06. The van der Waals surface area contributed by atoms with Gasteiger partial charge in [0.15, 0.2) is 11.2 Å². The number of hydrogen-bond acceptors (Lipinski definition) is 4. The molecule has 8 nitrogen and oxygen atoms in total. The normalized spacial score (nSPS) is 11.1. The van der Waals surface area contributed by atoms with Crippen molar-refractivity contribution in [3.8, 4) is 0 Å². The summed E-state index contributed by atoms with van der Waals surface area (Å²) in [5.41, 5.74) is -0.106. The maximum Gasteiger partial charge on any atom is 0.332 e. The standard InChI is InChI=1S/C16H15Cl2N5O3/c1-21-13-12(14(25)22(2)16(21)26)23(15(18)20-13)8-11(24)19-7-9-5-3-4-6-10(9)17/h3-6H,7-8H2,1-2H3,(H,19,24). The lowest BCUT2D eigenvalue weighted by Crippen LogP contribution is -2.38. The van der Waals surface area contributed by atoms with Gasteiger partial charge in [-0.25, -0.2) is 4.79 Å². The number of rotatable bonds is 4. The fourth-order valence-corrected chi connectivity index (χ4v) is 3.03. The molecular weight excluding hydrogens is 381 g/mol. The third-order valence-corrected chi connectivity index (χ3v) is 4.69. The quantitative estimate of drug-likeness (QED) is 0.668. The molecule has 136 valence electrons. The van der Waals surface area contributed by atoms with E-state index in [0.717, 1.165) is 10.1 Å². The number of nitrogens with zero attached hydrogens (tertiary/aromatic N) is 4. The van der Waals surface area contributed by atoms with E-state index in [0.29, 0.717) is 5.02 Å². The second kappa shape index (κ2) is 6.97. The van der Waals surface area contributed by atoms with E-state index >= 15 is 0 Å². The molecule has 0 aliphatic carbocycles. The molecule has 0 aliphatic heterocycles. The Morgan fingerprint density at radius 3 is 2.54 bits per heavy atom. The maximum absolute atomic E-state index is 12.4. The molecular formula is C16H15Cl2N5O3. The minimum Gasteiger partial charge on any atom is -0.350 e. The molecule has 0 radical (unpaired) electrons. The Labute approximate surface area is 157 Å². The highest BCUT2D eigenvalue weighted by Gasteiger charge is 2.19. The molecule has 0 saturated carbocycles. The van der Waals surface area contributed by atoms with Gasteiger partial charge in [-0.2, -0.15) is 4.98 Å². The van der Waals surface area contributed by atoms with E-state index in [4.69, 9.17) is 23.2 Å². The molecule has 10 heteroatoms. The van der Waals surface area contributed by atoms with Crippen molar-refractivity contribution in [1.29, 1.82) is 0 Å². The van der Waals surface area contributed by atoms with Gasteiger partial charge in [-0.1, -0.05) is 29.8 Å². The van der Waals surface area contributed by atoms with Crippen LogP contribution in [0.2, 0.25) is 10.3 Å². The van der Waals surface area contributed by atoms with Crippen molar-refractivity contribution >= 4 is 40.3 Å². The van der Waals surface area contributed by atoms with Gasteiger partial charge in [0, 0.05) is 25.7 Å². The molecule has 2 aromatic heterocycles. The van der Waals surface area contributed by atoms with Gasteiger partial charge in [0.2, 0.25) is 11.2 Å². The minimum atomic E-state index is -0.568. The zero-order valence-corrected chi connectivity index (χ0v) is 15.5. The van der Waals surface area contributed by atoms with Crippen LogP contribution in [-0.4, -0.2) is 24.6 Å². The lowest BCUT2D eigenvalue weighted by Gasteiger charge is -2.09. The molecule has 3 aromatic rings. The van der Waals surface area contributed by atoms with Crippen LogP contribution in [0.5, 0.6) is 0 Å². The average molecular weight is 396 g/mol. The number of aromatic nitrogens is 4. The first-order chi connectivity index (χ1) is 12.3. The third kappa shape index (κ3) is 3.13. The number of hydrogen-bond donors (Lipinski definition) is 1. The number of benzene rings is 1. The first kappa shape index (κ1) is 18.2. The number of imidazole rings is 1. The molecule has 0 unspecified atom stereocenters. The van der Waals surface area contributed by atoms with Gasteiger partial charge >= 0.3 is 5.69 Å². The lowest BCUT2D eigenvalue weighted by molar-refractivity contribution is -0.121. The van der Waals surface area contributed by atoms with Gasteiger partial charge < -0.3 is 5.32 Å². The SMILES string of the molecule is Cn1c(=O)c2c(nc(Cl)n2CC(=O)NCc2ccccc2Cl)n(C)c1=O. The van der Waals surface area contributed by atoms with Crippen LogP contribution in [-0.2, 0) is 32.0 Å². The van der Waals surface area contributed by atoms with E-state index in [1.165, 1.54) is 23.2 Å². The number of nitrogens with one attached hydrogen (secondary N) is 1. The fraction of sp³-hybridized carbons (Fsp3) is 0.250. The highest BCUT2D eigenvalue weighted by Crippen LogP contribution is 2.16. The number of aryl methyl sites for hydroxylation is 1. The van der Waals surface area contributed by atoms with Crippen LogP contribution in [0.1, 0.15) is 5.56 Å². The second-order valence-electron chi connectivity index (χ2n) is 5.71. The highest BCUT2D eigenvalue weighted by atomic mass is 35.5. The monoisotopic (exact) mass is 395 g/mol. The van der Waals surface area contributed by atoms with Crippen LogP contribution in [0.3, 0.4) is 0 Å². The Hall–Kier alpha value is -2.58. The number of carbonyl (C=O) groups is 1. The predicted molar refractivity (Wildman–Crippen MR) is 98.5 cm³/mol. The van der Waals surface area contributed by atoms with Crippen LogP contribution in [0.4, 0.5) is 0 Å². The van der Waals surface area contributed by atoms with Crippen LogP contribution < -0.4 is 16.6 Å². The largest absolute Gasteiger partial charge is 0.350 e. The summed E-state index contributed by atoms with van der Waals surface area (Å²) >= 11 is 12.2. The zero-order valence-electron chi connectivity index (χ0n) is 14.0. The van der Waals surface area contributed by atoms with Crippen LogP contribution in [0, 0.1) is 0 Å². The van der Waals surface area contributed by atoms with Gasteiger partial charge in [0.05, 0.1) is 0 Å². The summed E-state index contributed by atoms with van der Waals surface area (Å²) in [6.45, 7) is 0.0203.